The minimum atomic E-state index is -0.351. The average molecular weight is 406 g/mol. The fourth-order valence-electron chi connectivity index (χ4n) is 2.39. The minimum absolute atomic E-state index is 0.283. The second-order valence-corrected chi connectivity index (χ2v) is 6.64. The van der Waals surface area contributed by atoms with Crippen molar-refractivity contribution in [3.05, 3.63) is 40.9 Å². The number of pyridine rings is 2. The summed E-state index contributed by atoms with van der Waals surface area (Å²) < 4.78 is 10.4. The summed E-state index contributed by atoms with van der Waals surface area (Å²) in [5, 5.41) is 11.4. The Labute approximate surface area is 164 Å². The van der Waals surface area contributed by atoms with Crippen LogP contribution >= 0.6 is 22.9 Å². The molecule has 3 heterocycles. The summed E-state index contributed by atoms with van der Waals surface area (Å²) in [6.07, 6.45) is 3.81. The van der Waals surface area contributed by atoms with E-state index in [0.29, 0.717) is 39.2 Å². The Kier molecular flexibility index (Phi) is 5.82. The summed E-state index contributed by atoms with van der Waals surface area (Å²) in [6.45, 7) is 1.96. The largest absolute Gasteiger partial charge is 0.494 e. The monoisotopic (exact) mass is 405 g/mol. The van der Waals surface area contributed by atoms with Crippen molar-refractivity contribution in [2.24, 2.45) is 0 Å². The number of rotatable bonds is 6. The number of hydrogen-bond acceptors (Lipinski definition) is 8. The molecule has 0 atom stereocenters. The number of aromatic nitrogens is 4. The SMILES string of the molecule is CCc1cc(C(=O)Nc2nnc(OC)s2)c(-c2cc(Cl)ncc2OC)cn1. The zero-order valence-electron chi connectivity index (χ0n) is 14.8. The van der Waals surface area contributed by atoms with Crippen LogP contribution < -0.4 is 14.8 Å². The first-order valence-electron chi connectivity index (χ1n) is 7.93. The Morgan fingerprint density at radius 1 is 1.15 bits per heavy atom. The van der Waals surface area contributed by atoms with E-state index in [4.69, 9.17) is 21.1 Å². The van der Waals surface area contributed by atoms with Gasteiger partial charge in [0.15, 0.2) is 0 Å². The van der Waals surface area contributed by atoms with Gasteiger partial charge in [0.25, 0.3) is 11.1 Å². The predicted octanol–water partition coefficient (Wildman–Crippen LogP) is 3.48. The minimum Gasteiger partial charge on any atom is -0.494 e. The molecule has 1 amide bonds. The van der Waals surface area contributed by atoms with Gasteiger partial charge in [-0.2, -0.15) is 0 Å². The van der Waals surface area contributed by atoms with Crippen molar-refractivity contribution >= 4 is 34.0 Å². The van der Waals surface area contributed by atoms with Gasteiger partial charge in [0.05, 0.1) is 26.0 Å². The number of ether oxygens (including phenoxy) is 2. The molecular weight excluding hydrogens is 390 g/mol. The molecule has 0 radical (unpaired) electrons. The molecular formula is C17H16ClN5O3S. The summed E-state index contributed by atoms with van der Waals surface area (Å²) >= 11 is 7.17. The Balaban J connectivity index is 2.05. The van der Waals surface area contributed by atoms with Gasteiger partial charge in [-0.3, -0.25) is 15.1 Å². The molecule has 0 aliphatic carbocycles. The number of hydrogen-bond donors (Lipinski definition) is 1. The molecule has 0 aromatic carbocycles. The van der Waals surface area contributed by atoms with Gasteiger partial charge in [-0.15, -0.1) is 5.10 Å². The first kappa shape index (κ1) is 19.0. The lowest BCUT2D eigenvalue weighted by atomic mass is 10.0. The van der Waals surface area contributed by atoms with Gasteiger partial charge in [-0.1, -0.05) is 23.6 Å². The Bertz CT molecular complexity index is 979. The van der Waals surface area contributed by atoms with Gasteiger partial charge >= 0.3 is 0 Å². The second-order valence-electron chi connectivity index (χ2n) is 5.31. The molecule has 0 saturated carbocycles. The van der Waals surface area contributed by atoms with E-state index in [-0.39, 0.29) is 11.1 Å². The number of methoxy groups -OCH3 is 2. The molecule has 0 spiro atoms. The number of anilines is 1. The number of nitrogens with one attached hydrogen (secondary N) is 1. The van der Waals surface area contributed by atoms with Crippen molar-refractivity contribution < 1.29 is 14.3 Å². The number of nitrogens with zero attached hydrogens (tertiary/aromatic N) is 4. The summed E-state index contributed by atoms with van der Waals surface area (Å²) in [4.78, 5) is 21.3. The zero-order chi connectivity index (χ0) is 19.4. The molecule has 1 N–H and O–H groups in total. The fraction of sp³-hybridized carbons (Fsp3) is 0.235. The molecule has 27 heavy (non-hydrogen) atoms. The molecule has 3 aromatic heterocycles. The van der Waals surface area contributed by atoms with E-state index in [0.717, 1.165) is 17.0 Å². The third-order valence-electron chi connectivity index (χ3n) is 3.71. The molecule has 0 aliphatic rings. The number of amides is 1. The van der Waals surface area contributed by atoms with Crippen LogP contribution in [0.15, 0.2) is 24.5 Å². The van der Waals surface area contributed by atoms with Crippen LogP contribution in [-0.4, -0.2) is 40.3 Å². The third-order valence-corrected chi connectivity index (χ3v) is 4.72. The lowest BCUT2D eigenvalue weighted by Gasteiger charge is -2.13. The molecule has 10 heteroatoms. The summed E-state index contributed by atoms with van der Waals surface area (Å²) in [6, 6.07) is 3.37. The lowest BCUT2D eigenvalue weighted by molar-refractivity contribution is 0.102. The van der Waals surface area contributed by atoms with Gasteiger partial charge in [-0.05, 0) is 29.9 Å². The number of carbonyl (C=O) groups is 1. The highest BCUT2D eigenvalue weighted by Crippen LogP contribution is 2.34. The van der Waals surface area contributed by atoms with E-state index in [9.17, 15) is 4.79 Å². The first-order valence-corrected chi connectivity index (χ1v) is 9.12. The van der Waals surface area contributed by atoms with Crippen molar-refractivity contribution in [1.82, 2.24) is 20.2 Å². The standard InChI is InChI=1S/C17H16ClN5O3S/c1-4-9-5-11(15(24)21-16-22-23-17(26-3)27-16)12(7-19-9)10-6-14(18)20-8-13(10)25-2/h5-8H,4H2,1-3H3,(H,21,22,24). The molecule has 0 fully saturated rings. The molecule has 0 bridgehead atoms. The highest BCUT2D eigenvalue weighted by Gasteiger charge is 2.19. The van der Waals surface area contributed by atoms with Crippen molar-refractivity contribution in [3.63, 3.8) is 0 Å². The quantitative estimate of drug-likeness (QED) is 0.626. The summed E-state index contributed by atoms with van der Waals surface area (Å²) in [5.41, 5.74) is 2.38. The highest BCUT2D eigenvalue weighted by atomic mass is 35.5. The predicted molar refractivity (Wildman–Crippen MR) is 103 cm³/mol. The average Bonchev–Trinajstić information content (AvgIpc) is 3.15. The van der Waals surface area contributed by atoms with E-state index in [2.05, 4.69) is 25.5 Å². The topological polar surface area (TPSA) is 99.1 Å². The van der Waals surface area contributed by atoms with Crippen LogP contribution in [0.2, 0.25) is 5.15 Å². The van der Waals surface area contributed by atoms with Crippen molar-refractivity contribution in [3.8, 4) is 22.1 Å². The van der Waals surface area contributed by atoms with Gasteiger partial charge in [0, 0.05) is 23.0 Å². The van der Waals surface area contributed by atoms with Crippen LogP contribution in [0.4, 0.5) is 5.13 Å². The normalized spacial score (nSPS) is 10.5. The molecule has 3 aromatic rings. The molecule has 140 valence electrons. The molecule has 0 saturated heterocycles. The summed E-state index contributed by atoms with van der Waals surface area (Å²) in [5.74, 6) is 0.132. The number of carbonyl (C=O) groups excluding carboxylic acids is 1. The molecule has 0 aliphatic heterocycles. The maximum atomic E-state index is 12.9. The van der Waals surface area contributed by atoms with Crippen molar-refractivity contribution in [2.45, 2.75) is 13.3 Å². The van der Waals surface area contributed by atoms with E-state index in [1.165, 1.54) is 20.4 Å². The smallest absolute Gasteiger partial charge is 0.295 e. The Morgan fingerprint density at radius 3 is 2.63 bits per heavy atom. The van der Waals surface area contributed by atoms with Crippen molar-refractivity contribution in [1.29, 1.82) is 0 Å². The fourth-order valence-corrected chi connectivity index (χ4v) is 3.11. The molecule has 3 rings (SSSR count). The molecule has 8 nitrogen and oxygen atoms in total. The third kappa shape index (κ3) is 4.15. The lowest BCUT2D eigenvalue weighted by Crippen LogP contribution is -2.14. The second kappa shape index (κ2) is 8.28. The number of halogens is 1. The van der Waals surface area contributed by atoms with E-state index < -0.39 is 0 Å². The van der Waals surface area contributed by atoms with Gasteiger partial charge < -0.3 is 9.47 Å². The van der Waals surface area contributed by atoms with Crippen LogP contribution in [0.25, 0.3) is 11.1 Å². The number of aryl methyl sites for hydroxylation is 1. The highest BCUT2D eigenvalue weighted by molar-refractivity contribution is 7.17. The van der Waals surface area contributed by atoms with E-state index >= 15 is 0 Å². The van der Waals surface area contributed by atoms with Crippen LogP contribution in [0.3, 0.4) is 0 Å². The van der Waals surface area contributed by atoms with Crippen LogP contribution in [0, 0.1) is 0 Å². The first-order chi connectivity index (χ1) is 13.0. The maximum Gasteiger partial charge on any atom is 0.295 e. The Hall–Kier alpha value is -2.78. The van der Waals surface area contributed by atoms with Crippen LogP contribution in [0.5, 0.6) is 10.9 Å². The van der Waals surface area contributed by atoms with Gasteiger partial charge in [-0.25, -0.2) is 4.98 Å². The Morgan fingerprint density at radius 2 is 1.96 bits per heavy atom. The zero-order valence-corrected chi connectivity index (χ0v) is 16.4. The molecule has 0 unspecified atom stereocenters. The van der Waals surface area contributed by atoms with Gasteiger partial charge in [0.2, 0.25) is 5.13 Å². The maximum absolute atomic E-state index is 12.9. The van der Waals surface area contributed by atoms with Crippen molar-refractivity contribution in [2.75, 3.05) is 19.5 Å². The van der Waals surface area contributed by atoms with E-state index in [1.807, 2.05) is 6.92 Å². The van der Waals surface area contributed by atoms with Crippen LogP contribution in [-0.2, 0) is 6.42 Å². The van der Waals surface area contributed by atoms with Gasteiger partial charge in [0.1, 0.15) is 10.9 Å². The summed E-state index contributed by atoms with van der Waals surface area (Å²) in [7, 11) is 3.01. The van der Waals surface area contributed by atoms with E-state index in [1.54, 1.807) is 18.3 Å². The van der Waals surface area contributed by atoms with Crippen LogP contribution in [0.1, 0.15) is 23.0 Å².